The molecule has 6 rings (SSSR count). The van der Waals surface area contributed by atoms with Crippen molar-refractivity contribution in [3.05, 3.63) is 81.7 Å². The van der Waals surface area contributed by atoms with Crippen LogP contribution in [0, 0.1) is 18.4 Å². The van der Waals surface area contributed by atoms with Gasteiger partial charge in [0.15, 0.2) is 0 Å². The van der Waals surface area contributed by atoms with Crippen LogP contribution in [0.15, 0.2) is 48.6 Å². The third-order valence-electron chi connectivity index (χ3n) is 10.1. The first-order valence-corrected chi connectivity index (χ1v) is 17.6. The van der Waals surface area contributed by atoms with E-state index in [2.05, 4.69) is 26.6 Å². The zero-order chi connectivity index (χ0) is 30.9. The predicted octanol–water partition coefficient (Wildman–Crippen LogP) is 6.29. The number of allylic oxidation sites excluding steroid dienone is 1. The Kier molecular flexibility index (Phi) is 8.96. The van der Waals surface area contributed by atoms with Crippen molar-refractivity contribution >= 4 is 33.2 Å². The number of anilines is 1. The van der Waals surface area contributed by atoms with Crippen LogP contribution >= 0.6 is 11.6 Å². The first kappa shape index (κ1) is 30.9. The molecule has 4 aliphatic rings. The number of carbonyl (C=O) groups excluding carboxylic acids is 1. The van der Waals surface area contributed by atoms with Crippen LogP contribution < -0.4 is 14.4 Å². The number of rotatable bonds is 3. The molecule has 1 N–H and O–H groups in total. The number of ether oxygens (including phenoxy) is 2. The molecule has 2 bridgehead atoms. The zero-order valence-corrected chi connectivity index (χ0v) is 26.7. The van der Waals surface area contributed by atoms with E-state index in [1.165, 1.54) is 11.1 Å². The molecular weight excluding hydrogens is 598 g/mol. The van der Waals surface area contributed by atoms with Crippen LogP contribution in [0.25, 0.3) is 4.85 Å². The Morgan fingerprint density at radius 2 is 2.07 bits per heavy atom. The molecule has 1 spiro atoms. The number of sulfonamides is 1. The molecule has 2 aliphatic heterocycles. The van der Waals surface area contributed by atoms with Crippen LogP contribution in [0.1, 0.15) is 73.4 Å². The lowest BCUT2D eigenvalue weighted by Gasteiger charge is -2.45. The molecule has 0 radical (unpaired) electrons. The van der Waals surface area contributed by atoms with Crippen molar-refractivity contribution < 1.29 is 22.7 Å². The third-order valence-corrected chi connectivity index (χ3v) is 12.2. The Morgan fingerprint density at radius 3 is 2.84 bits per heavy atom. The van der Waals surface area contributed by atoms with Gasteiger partial charge in [0.05, 0.1) is 23.6 Å². The van der Waals surface area contributed by atoms with Crippen LogP contribution in [0.2, 0.25) is 5.02 Å². The highest BCUT2D eigenvalue weighted by molar-refractivity contribution is 7.90. The number of hydrogen-bond acceptors (Lipinski definition) is 6. The van der Waals surface area contributed by atoms with Gasteiger partial charge >= 0.3 is 6.73 Å². The van der Waals surface area contributed by atoms with Gasteiger partial charge in [0.1, 0.15) is 5.75 Å². The smallest absolute Gasteiger partial charge is 0.318 e. The summed E-state index contributed by atoms with van der Waals surface area (Å²) in [6.45, 7) is 11.0. The Morgan fingerprint density at radius 1 is 1.20 bits per heavy atom. The minimum Gasteiger partial charge on any atom is -0.490 e. The molecule has 0 aromatic heterocycles. The van der Waals surface area contributed by atoms with Gasteiger partial charge in [0, 0.05) is 29.1 Å². The highest BCUT2D eigenvalue weighted by Crippen LogP contribution is 2.47. The minimum atomic E-state index is -3.90. The minimum absolute atomic E-state index is 0.0115. The molecule has 1 amide bonds. The first-order valence-electron chi connectivity index (χ1n) is 15.7. The van der Waals surface area contributed by atoms with Gasteiger partial charge in [-0.05, 0) is 105 Å². The number of nitrogens with one attached hydrogen (secondary N) is 1. The second-order valence-corrected chi connectivity index (χ2v) is 15.1. The largest absolute Gasteiger partial charge is 0.490 e. The van der Waals surface area contributed by atoms with Gasteiger partial charge in [-0.25, -0.2) is 19.7 Å². The van der Waals surface area contributed by atoms with Crippen LogP contribution in [0.4, 0.5) is 5.69 Å². The van der Waals surface area contributed by atoms with E-state index in [4.69, 9.17) is 27.6 Å². The summed E-state index contributed by atoms with van der Waals surface area (Å²) >= 11 is 6.41. The highest BCUT2D eigenvalue weighted by Gasteiger charge is 2.44. The van der Waals surface area contributed by atoms with E-state index in [9.17, 15) is 13.2 Å². The highest BCUT2D eigenvalue weighted by atomic mass is 35.5. The molecule has 2 aromatic rings. The number of carbonyl (C=O) groups is 1. The zero-order valence-electron chi connectivity index (χ0n) is 25.1. The molecule has 2 aromatic carbocycles. The molecule has 2 aliphatic carbocycles. The maximum absolute atomic E-state index is 13.4. The van der Waals surface area contributed by atoms with Gasteiger partial charge in [0.2, 0.25) is 10.0 Å². The van der Waals surface area contributed by atoms with Gasteiger partial charge in [-0.15, -0.1) is 0 Å². The maximum Gasteiger partial charge on any atom is 0.318 e. The lowest BCUT2D eigenvalue weighted by molar-refractivity contribution is -0.00283. The van der Waals surface area contributed by atoms with Crippen LogP contribution in [-0.2, 0) is 26.6 Å². The van der Waals surface area contributed by atoms with E-state index >= 15 is 0 Å². The number of aryl methyl sites for hydroxylation is 1. The normalized spacial score (nSPS) is 30.4. The first-order chi connectivity index (χ1) is 21.2. The number of benzene rings is 2. The summed E-state index contributed by atoms with van der Waals surface area (Å²) < 4.78 is 41.5. The Labute approximate surface area is 265 Å². The molecule has 0 unspecified atom stereocenters. The average molecular weight is 638 g/mol. The summed E-state index contributed by atoms with van der Waals surface area (Å²) in [7, 11) is -3.90. The Hall–Kier alpha value is -3.06. The van der Waals surface area contributed by atoms with Gasteiger partial charge in [-0.1, -0.05) is 36.7 Å². The van der Waals surface area contributed by atoms with Crippen molar-refractivity contribution in [2.24, 2.45) is 11.8 Å². The van der Waals surface area contributed by atoms with Crippen molar-refractivity contribution in [2.45, 2.75) is 75.1 Å². The van der Waals surface area contributed by atoms with E-state index in [1.54, 1.807) is 18.2 Å². The molecule has 2 heterocycles. The number of amides is 1. The number of fused-ring (bicyclic) bond motifs is 4. The summed E-state index contributed by atoms with van der Waals surface area (Å²) in [5.41, 5.74) is 3.33. The summed E-state index contributed by atoms with van der Waals surface area (Å²) in [6, 6.07) is 11.4. The van der Waals surface area contributed by atoms with E-state index in [0.29, 0.717) is 44.1 Å². The van der Waals surface area contributed by atoms with Crippen molar-refractivity contribution in [2.75, 3.05) is 31.3 Å². The Bertz CT molecular complexity index is 1590. The standard InChI is InChI=1S/C34H40ClN3O5S/c1-3-27-8-4-5-9-31(43-22-36-2)28-13-10-25(28)19-38-20-34(16-6-7-23-17-26(35)12-14-29(23)34)21-42-32-15-11-24(18-30(32)38)33(39)37-44(27,40)41/h5,9,11-12,14-15,17-18,25,27-28,31H,3-4,6-8,10,13,16,19-22H2,1H3,(H,37,39)/b9-5+/t25-,27+,28+,31-,34-/m0/s1. The monoisotopic (exact) mass is 637 g/mol. The molecule has 44 heavy (non-hydrogen) atoms. The SMILES string of the molecule is [C-]#[N+]CO[C@H]1/C=C/CC[C@@H](CC)S(=O)(=O)NC(=O)c2ccc3c(c2)N(C[C@@H]2CC[C@H]21)C[C@@]1(CCCc2cc(Cl)ccc21)CO3. The maximum atomic E-state index is 13.4. The average Bonchev–Trinajstić information content (AvgIpc) is 3.13. The van der Waals surface area contributed by atoms with Crippen molar-refractivity contribution in [1.82, 2.24) is 4.72 Å². The van der Waals surface area contributed by atoms with E-state index in [1.807, 2.05) is 25.1 Å². The van der Waals surface area contributed by atoms with Gasteiger partial charge in [-0.3, -0.25) is 9.64 Å². The predicted molar refractivity (Wildman–Crippen MR) is 172 cm³/mol. The fraction of sp³-hybridized carbons (Fsp3) is 0.529. The molecule has 8 nitrogen and oxygen atoms in total. The summed E-state index contributed by atoms with van der Waals surface area (Å²) in [6.07, 6.45) is 10.1. The lowest BCUT2D eigenvalue weighted by Crippen LogP contribution is -2.49. The number of halogens is 1. The number of nitrogens with zero attached hydrogens (tertiary/aromatic N) is 2. The fourth-order valence-corrected chi connectivity index (χ4v) is 9.22. The molecule has 234 valence electrons. The van der Waals surface area contributed by atoms with Crippen LogP contribution in [-0.4, -0.2) is 52.1 Å². The number of hydrogen-bond donors (Lipinski definition) is 1. The van der Waals surface area contributed by atoms with E-state index in [0.717, 1.165) is 49.4 Å². The van der Waals surface area contributed by atoms with Crippen molar-refractivity contribution in [3.63, 3.8) is 0 Å². The van der Waals surface area contributed by atoms with E-state index in [-0.39, 0.29) is 29.7 Å². The topological polar surface area (TPSA) is 89.3 Å². The van der Waals surface area contributed by atoms with Crippen molar-refractivity contribution in [1.29, 1.82) is 0 Å². The third kappa shape index (κ3) is 6.09. The molecule has 0 saturated heterocycles. The van der Waals surface area contributed by atoms with Gasteiger partial charge < -0.3 is 14.4 Å². The quantitative estimate of drug-likeness (QED) is 0.314. The molecule has 5 atom stereocenters. The lowest BCUT2D eigenvalue weighted by atomic mass is 9.68. The van der Waals surface area contributed by atoms with Crippen LogP contribution in [0.5, 0.6) is 5.75 Å². The Balaban J connectivity index is 1.42. The molecule has 10 heteroatoms. The van der Waals surface area contributed by atoms with Gasteiger partial charge in [-0.2, -0.15) is 0 Å². The fourth-order valence-electron chi connectivity index (χ4n) is 7.60. The van der Waals surface area contributed by atoms with E-state index < -0.39 is 21.2 Å². The second kappa shape index (κ2) is 12.7. The molecule has 1 saturated carbocycles. The summed E-state index contributed by atoms with van der Waals surface area (Å²) in [4.78, 5) is 19.2. The molecular formula is C34H40ClN3O5S. The van der Waals surface area contributed by atoms with Crippen molar-refractivity contribution in [3.8, 4) is 5.75 Å². The van der Waals surface area contributed by atoms with Gasteiger partial charge in [0.25, 0.3) is 5.91 Å². The molecule has 1 fully saturated rings. The summed E-state index contributed by atoms with van der Waals surface area (Å²) in [5.74, 6) is 0.617. The second-order valence-electron chi connectivity index (χ2n) is 12.7. The summed E-state index contributed by atoms with van der Waals surface area (Å²) in [5, 5.41) is 0.0267. The van der Waals surface area contributed by atoms with Crippen LogP contribution in [0.3, 0.4) is 0 Å².